The highest BCUT2D eigenvalue weighted by atomic mass is 31.2. The van der Waals surface area contributed by atoms with E-state index in [-0.39, 0.29) is 19.1 Å². The van der Waals surface area contributed by atoms with Gasteiger partial charge >= 0.3 is 7.82 Å². The summed E-state index contributed by atoms with van der Waals surface area (Å²) >= 11 is 0. The highest BCUT2D eigenvalue weighted by molar-refractivity contribution is 7.47. The Labute approximate surface area is 419 Å². The Hall–Kier alpha value is -0.500. The van der Waals surface area contributed by atoms with Crippen LogP contribution in [0.2, 0.25) is 0 Å². The molecule has 0 aromatic rings. The first-order chi connectivity index (χ1) is 32.5. The summed E-state index contributed by atoms with van der Waals surface area (Å²) in [6, 6.07) is -0.755. The van der Waals surface area contributed by atoms with Crippen LogP contribution in [0.5, 0.6) is 0 Å². The predicted octanol–water partition coefficient (Wildman–Crippen LogP) is 18.0. The van der Waals surface area contributed by atoms with Crippen molar-refractivity contribution < 1.29 is 32.9 Å². The SMILES string of the molecule is CCCCCCCCCCCCCCCCCCCCCCCCCCCCCCCC(O)C(COP(=O)(O)OCC[N+](C)(C)C)NC(=O)CCCCCCCCCCCCCCCCCC. The molecule has 0 aliphatic heterocycles. The van der Waals surface area contributed by atoms with Crippen LogP contribution in [0.25, 0.3) is 0 Å². The molecule has 0 aromatic heterocycles. The number of carbonyl (C=O) groups excluding carboxylic acids is 1. The number of hydrogen-bond acceptors (Lipinski definition) is 5. The highest BCUT2D eigenvalue weighted by Crippen LogP contribution is 2.43. The maximum atomic E-state index is 13.0. The van der Waals surface area contributed by atoms with Crippen LogP contribution in [0.3, 0.4) is 0 Å². The number of quaternary nitrogens is 1. The number of amides is 1. The van der Waals surface area contributed by atoms with Crippen LogP contribution < -0.4 is 5.32 Å². The van der Waals surface area contributed by atoms with Crippen LogP contribution in [0.1, 0.15) is 316 Å². The average molecular weight is 973 g/mol. The molecule has 0 heterocycles. The van der Waals surface area contributed by atoms with Crippen LogP contribution >= 0.6 is 7.82 Å². The smallest absolute Gasteiger partial charge is 0.391 e. The van der Waals surface area contributed by atoms with Crippen molar-refractivity contribution in [2.45, 2.75) is 328 Å². The molecule has 0 saturated carbocycles. The lowest BCUT2D eigenvalue weighted by atomic mass is 10.0. The van der Waals surface area contributed by atoms with Gasteiger partial charge in [0.05, 0.1) is 39.9 Å². The quantitative estimate of drug-likeness (QED) is 0.0319. The Morgan fingerprint density at radius 2 is 0.716 bits per heavy atom. The van der Waals surface area contributed by atoms with Gasteiger partial charge in [-0.25, -0.2) is 4.57 Å². The van der Waals surface area contributed by atoms with Crippen molar-refractivity contribution in [3.63, 3.8) is 0 Å². The van der Waals surface area contributed by atoms with E-state index in [1.165, 1.54) is 250 Å². The lowest BCUT2D eigenvalue weighted by Gasteiger charge is -2.26. The largest absolute Gasteiger partial charge is 0.472 e. The molecule has 8 nitrogen and oxygen atoms in total. The van der Waals surface area contributed by atoms with Crippen LogP contribution in [-0.2, 0) is 18.4 Å². The van der Waals surface area contributed by atoms with E-state index in [1.807, 2.05) is 21.1 Å². The maximum Gasteiger partial charge on any atom is 0.472 e. The summed E-state index contributed by atoms with van der Waals surface area (Å²) in [6.07, 6.45) is 60.3. The molecule has 0 aromatic carbocycles. The Morgan fingerprint density at radius 1 is 0.448 bits per heavy atom. The number of unbranched alkanes of at least 4 members (excludes halogenated alkanes) is 43. The fraction of sp³-hybridized carbons (Fsp3) is 0.983. The van der Waals surface area contributed by atoms with Crippen LogP contribution in [-0.4, -0.2) is 73.4 Å². The lowest BCUT2D eigenvalue weighted by Crippen LogP contribution is -2.46. The second kappa shape index (κ2) is 50.4. The third-order valence-electron chi connectivity index (χ3n) is 14.1. The molecule has 1 amide bonds. The first-order valence-corrected chi connectivity index (χ1v) is 31.4. The van der Waals surface area contributed by atoms with Gasteiger partial charge in [-0.05, 0) is 12.8 Å². The van der Waals surface area contributed by atoms with Crippen LogP contribution in [0.15, 0.2) is 0 Å². The molecule has 67 heavy (non-hydrogen) atoms. The van der Waals surface area contributed by atoms with Gasteiger partial charge in [0, 0.05) is 6.42 Å². The number of carbonyl (C=O) groups is 1. The molecule has 0 aliphatic carbocycles. The molecular weight excluding hydrogens is 852 g/mol. The molecule has 3 N–H and O–H groups in total. The zero-order valence-corrected chi connectivity index (χ0v) is 46.8. The number of nitrogens with zero attached hydrogens (tertiary/aromatic N) is 1. The Kier molecular flexibility index (Phi) is 50.1. The third kappa shape index (κ3) is 53.1. The van der Waals surface area contributed by atoms with E-state index in [0.717, 1.165) is 38.5 Å². The highest BCUT2D eigenvalue weighted by Gasteiger charge is 2.28. The van der Waals surface area contributed by atoms with Crippen LogP contribution in [0.4, 0.5) is 0 Å². The standard InChI is InChI=1S/C58H119N2O6P/c1-6-8-10-12-14-16-18-20-22-24-25-26-27-28-29-30-31-32-33-34-35-36-37-39-41-43-45-47-49-51-57(61)56(55-66-67(63,64)65-54-53-60(3,4)5)59-58(62)52-50-48-46-44-42-40-38-23-21-19-17-15-13-11-9-7-2/h56-57,61H,6-55H2,1-5H3,(H-,59,62,63,64)/p+1. The summed E-state index contributed by atoms with van der Waals surface area (Å²) in [5.41, 5.74) is 0. The summed E-state index contributed by atoms with van der Waals surface area (Å²) in [5, 5.41) is 14.1. The molecule has 0 radical (unpaired) electrons. The van der Waals surface area contributed by atoms with E-state index in [2.05, 4.69) is 19.2 Å². The van der Waals surface area contributed by atoms with Crippen molar-refractivity contribution in [1.82, 2.24) is 5.32 Å². The minimum absolute atomic E-state index is 0.0791. The van der Waals surface area contributed by atoms with Crippen molar-refractivity contribution in [2.24, 2.45) is 0 Å². The van der Waals surface area contributed by atoms with Gasteiger partial charge in [-0.2, -0.15) is 0 Å². The van der Waals surface area contributed by atoms with E-state index >= 15 is 0 Å². The van der Waals surface area contributed by atoms with Gasteiger partial charge in [-0.15, -0.1) is 0 Å². The van der Waals surface area contributed by atoms with Crippen molar-refractivity contribution in [2.75, 3.05) is 40.9 Å². The summed E-state index contributed by atoms with van der Waals surface area (Å²) in [4.78, 5) is 23.3. The third-order valence-corrected chi connectivity index (χ3v) is 15.1. The first-order valence-electron chi connectivity index (χ1n) is 29.9. The Balaban J connectivity index is 4.04. The van der Waals surface area contributed by atoms with Gasteiger partial charge < -0.3 is 19.8 Å². The Morgan fingerprint density at radius 3 is 1.00 bits per heavy atom. The summed E-state index contributed by atoms with van der Waals surface area (Å²) in [6.45, 7) is 4.94. The molecule has 402 valence electrons. The number of likely N-dealkylation sites (N-methyl/N-ethyl adjacent to an activating group) is 1. The minimum atomic E-state index is -4.32. The molecule has 3 unspecified atom stereocenters. The molecular formula is C58H120N2O6P+. The zero-order valence-electron chi connectivity index (χ0n) is 45.9. The molecule has 0 aliphatic rings. The summed E-state index contributed by atoms with van der Waals surface area (Å²) in [7, 11) is 1.64. The Bertz CT molecular complexity index is 1060. The van der Waals surface area contributed by atoms with Gasteiger partial charge in [0.1, 0.15) is 13.2 Å². The molecule has 0 bridgehead atoms. The number of phosphoric acid groups is 1. The fourth-order valence-corrected chi connectivity index (χ4v) is 10.1. The van der Waals surface area contributed by atoms with E-state index in [1.54, 1.807) is 0 Å². The van der Waals surface area contributed by atoms with Crippen molar-refractivity contribution in [1.29, 1.82) is 0 Å². The first kappa shape index (κ1) is 66.5. The number of hydrogen-bond donors (Lipinski definition) is 3. The van der Waals surface area contributed by atoms with Crippen LogP contribution in [0, 0.1) is 0 Å². The fourth-order valence-electron chi connectivity index (χ4n) is 9.40. The molecule has 3 atom stereocenters. The van der Waals surface area contributed by atoms with Gasteiger partial charge in [-0.3, -0.25) is 13.8 Å². The van der Waals surface area contributed by atoms with Crippen molar-refractivity contribution >= 4 is 13.7 Å². The topological polar surface area (TPSA) is 105 Å². The minimum Gasteiger partial charge on any atom is -0.391 e. The summed E-state index contributed by atoms with van der Waals surface area (Å²) in [5.74, 6) is -0.137. The van der Waals surface area contributed by atoms with Gasteiger partial charge in [-0.1, -0.05) is 296 Å². The average Bonchev–Trinajstić information content (AvgIpc) is 3.29. The second-order valence-electron chi connectivity index (χ2n) is 22.1. The molecule has 9 heteroatoms. The van der Waals surface area contributed by atoms with Crippen molar-refractivity contribution in [3.05, 3.63) is 0 Å². The lowest BCUT2D eigenvalue weighted by molar-refractivity contribution is -0.870. The van der Waals surface area contributed by atoms with E-state index < -0.39 is 20.0 Å². The molecule has 0 spiro atoms. The van der Waals surface area contributed by atoms with E-state index in [0.29, 0.717) is 23.9 Å². The number of nitrogens with one attached hydrogen (secondary N) is 1. The van der Waals surface area contributed by atoms with E-state index in [9.17, 15) is 19.4 Å². The van der Waals surface area contributed by atoms with Gasteiger partial charge in [0.15, 0.2) is 0 Å². The summed E-state index contributed by atoms with van der Waals surface area (Å²) < 4.78 is 23.8. The molecule has 0 saturated heterocycles. The van der Waals surface area contributed by atoms with E-state index in [4.69, 9.17) is 9.05 Å². The number of rotatable bonds is 56. The maximum absolute atomic E-state index is 13.0. The molecule has 0 rings (SSSR count). The normalized spacial score (nSPS) is 13.8. The predicted molar refractivity (Wildman–Crippen MR) is 291 cm³/mol. The molecule has 0 fully saturated rings. The monoisotopic (exact) mass is 972 g/mol. The van der Waals surface area contributed by atoms with Crippen molar-refractivity contribution in [3.8, 4) is 0 Å². The number of phosphoric ester groups is 1. The number of aliphatic hydroxyl groups is 1. The van der Waals surface area contributed by atoms with Gasteiger partial charge in [0.2, 0.25) is 5.91 Å². The zero-order chi connectivity index (χ0) is 49.2. The number of aliphatic hydroxyl groups excluding tert-OH is 1. The van der Waals surface area contributed by atoms with Gasteiger partial charge in [0.25, 0.3) is 0 Å². The second-order valence-corrected chi connectivity index (χ2v) is 23.5.